The van der Waals surface area contributed by atoms with Crippen LogP contribution >= 0.6 is 0 Å². The van der Waals surface area contributed by atoms with Gasteiger partial charge in [0.05, 0.1) is 0 Å². The van der Waals surface area contributed by atoms with E-state index in [2.05, 4.69) is 0 Å². The molecule has 0 aromatic carbocycles. The van der Waals surface area contributed by atoms with Gasteiger partial charge in [-0.15, -0.1) is 0 Å². The van der Waals surface area contributed by atoms with Gasteiger partial charge in [0, 0.05) is 10.4 Å². The Morgan fingerprint density at radius 2 is 0.917 bits per heavy atom. The van der Waals surface area contributed by atoms with Crippen LogP contribution in [-0.2, 0) is 20.8 Å². The maximum atomic E-state index is 8.63. The molecule has 0 aromatic rings. The third-order valence-electron chi connectivity index (χ3n) is 0. The van der Waals surface area contributed by atoms with E-state index in [0.717, 1.165) is 0 Å². The first kappa shape index (κ1) is 23.3. The predicted molar refractivity (Wildman–Crippen MR) is 28.8 cm³/mol. The summed E-state index contributed by atoms with van der Waals surface area (Å²) < 4.78 is 66.9. The van der Waals surface area contributed by atoms with Crippen LogP contribution in [-0.4, -0.2) is 35.0 Å². The van der Waals surface area contributed by atoms with Gasteiger partial charge in [-0.1, -0.05) is 0 Å². The van der Waals surface area contributed by atoms with Crippen molar-refractivity contribution in [1.82, 2.24) is 6.15 Å². The Hall–Kier alpha value is 1.28. The van der Waals surface area contributed by atoms with E-state index in [1.54, 1.807) is 0 Å². The molecule has 0 atom stereocenters. The molecule has 0 spiro atoms. The third-order valence-corrected chi connectivity index (χ3v) is 0. The summed E-state index contributed by atoms with van der Waals surface area (Å²) in [5.74, 6) is 0. The summed E-state index contributed by atoms with van der Waals surface area (Å²) in [4.78, 5) is 0. The SMILES string of the molecule is O=S(=O)([O-])O.O=S(=O)([O-])[O-].[Eu+3].[NH4+]. The Morgan fingerprint density at radius 3 is 0.917 bits per heavy atom. The minimum atomic E-state index is -5.17. The number of hydrogen-bond acceptors (Lipinski definition) is 7. The quantitative estimate of drug-likeness (QED) is 0.365. The van der Waals surface area contributed by atoms with Crippen LogP contribution in [0.4, 0.5) is 0 Å². The summed E-state index contributed by atoms with van der Waals surface area (Å²) in [5.41, 5.74) is 0. The fourth-order valence-corrected chi connectivity index (χ4v) is 0. The van der Waals surface area contributed by atoms with Gasteiger partial charge in [0.2, 0.25) is 10.4 Å². The van der Waals surface area contributed by atoms with E-state index in [4.69, 9.17) is 35.0 Å². The summed E-state index contributed by atoms with van der Waals surface area (Å²) in [6.07, 6.45) is 0. The van der Waals surface area contributed by atoms with Crippen LogP contribution in [0.1, 0.15) is 0 Å². The van der Waals surface area contributed by atoms with E-state index in [1.807, 2.05) is 0 Å². The van der Waals surface area contributed by atoms with E-state index < -0.39 is 20.8 Å². The van der Waals surface area contributed by atoms with Crippen molar-refractivity contribution in [3.05, 3.63) is 0 Å². The summed E-state index contributed by atoms with van der Waals surface area (Å²) in [5, 5.41) is 0. The number of rotatable bonds is 0. The zero-order valence-electron chi connectivity index (χ0n) is 5.50. The Bertz CT molecular complexity index is 213. The molecule has 0 aliphatic rings. The van der Waals surface area contributed by atoms with Crippen molar-refractivity contribution in [3.8, 4) is 0 Å². The zero-order chi connectivity index (χ0) is 9.00. The maximum Gasteiger partial charge on any atom is 3.00 e. The van der Waals surface area contributed by atoms with Crippen molar-refractivity contribution in [3.63, 3.8) is 0 Å². The predicted octanol–water partition coefficient (Wildman–Crippen LogP) is -1.96. The second-order valence-corrected chi connectivity index (χ2v) is 2.51. The molecule has 0 radical (unpaired) electrons. The molecule has 0 aromatic heterocycles. The molecule has 76 valence electrons. The Kier molecular flexibility index (Phi) is 17.2. The van der Waals surface area contributed by atoms with Gasteiger partial charge in [0.1, 0.15) is 0 Å². The molecule has 5 N–H and O–H groups in total. The van der Waals surface area contributed by atoms with Crippen LogP contribution in [0.2, 0.25) is 0 Å². The van der Waals surface area contributed by atoms with Gasteiger partial charge in [-0.3, -0.25) is 13.0 Å². The molecule has 0 bridgehead atoms. The van der Waals surface area contributed by atoms with E-state index in [-0.39, 0.29) is 55.5 Å². The Balaban J connectivity index is -0.0000000457. The molecule has 0 fully saturated rings. The Labute approximate surface area is 110 Å². The third kappa shape index (κ3) is 723. The van der Waals surface area contributed by atoms with Crippen LogP contribution in [0.3, 0.4) is 0 Å². The van der Waals surface area contributed by atoms with E-state index >= 15 is 0 Å². The van der Waals surface area contributed by atoms with Crippen molar-refractivity contribution in [1.29, 1.82) is 0 Å². The second-order valence-electron chi connectivity index (χ2n) is 0.836. The van der Waals surface area contributed by atoms with Gasteiger partial charge in [0.25, 0.3) is 0 Å². The molecule has 0 saturated heterocycles. The fraction of sp³-hybridized carbons (Fsp3) is 0. The smallest absolute Gasteiger partial charge is 0.759 e. The summed E-state index contributed by atoms with van der Waals surface area (Å²) in [6, 6.07) is 0. The molecule has 0 unspecified atom stereocenters. The van der Waals surface area contributed by atoms with Crippen LogP contribution in [0, 0.1) is 49.4 Å². The molecule has 9 nitrogen and oxygen atoms in total. The second kappa shape index (κ2) is 8.86. The molecule has 12 heavy (non-hydrogen) atoms. The van der Waals surface area contributed by atoms with Crippen molar-refractivity contribution in [2.24, 2.45) is 0 Å². The minimum Gasteiger partial charge on any atom is -0.759 e. The van der Waals surface area contributed by atoms with E-state index in [1.165, 1.54) is 0 Å². The van der Waals surface area contributed by atoms with Gasteiger partial charge in [-0.2, -0.15) is 0 Å². The van der Waals surface area contributed by atoms with Gasteiger partial charge >= 0.3 is 49.4 Å². The summed E-state index contributed by atoms with van der Waals surface area (Å²) in [7, 11) is -10.1. The summed E-state index contributed by atoms with van der Waals surface area (Å²) >= 11 is 0. The van der Waals surface area contributed by atoms with Gasteiger partial charge in [-0.25, -0.2) is 8.42 Å². The number of hydrogen-bond donors (Lipinski definition) is 2. The van der Waals surface area contributed by atoms with Crippen molar-refractivity contribution in [2.75, 3.05) is 0 Å². The van der Waals surface area contributed by atoms with Crippen LogP contribution in [0.5, 0.6) is 0 Å². The number of quaternary nitrogens is 1. The van der Waals surface area contributed by atoms with Gasteiger partial charge in [0.15, 0.2) is 0 Å². The Morgan fingerprint density at radius 1 is 0.917 bits per heavy atom. The molecule has 0 heterocycles. The molecular formula is H5EuNO8S2+. The molecule has 0 amide bonds. The van der Waals surface area contributed by atoms with Crippen molar-refractivity contribution >= 4 is 20.8 Å². The summed E-state index contributed by atoms with van der Waals surface area (Å²) in [6.45, 7) is 0. The minimum absolute atomic E-state index is 0. The first-order valence-electron chi connectivity index (χ1n) is 1.35. The first-order valence-corrected chi connectivity index (χ1v) is 4.05. The largest absolute Gasteiger partial charge is 3.00 e. The molecule has 0 aliphatic heterocycles. The average molecular weight is 363 g/mol. The monoisotopic (exact) mass is 364 g/mol. The molecule has 0 rings (SSSR count). The maximum absolute atomic E-state index is 8.63. The average Bonchev–Trinajstić information content (AvgIpc) is 1.12. The standard InChI is InChI=1S/Eu.H3N.2H2O4S/c;;2*1-5(2,3)4/h;1H3;2*(H2,1,2,3,4)/q+3;;;/p-2. The zero-order valence-corrected chi connectivity index (χ0v) is 9.56. The van der Waals surface area contributed by atoms with Gasteiger partial charge in [-0.05, 0) is 0 Å². The van der Waals surface area contributed by atoms with Crippen LogP contribution in [0.25, 0.3) is 0 Å². The molecule has 0 saturated carbocycles. The first-order chi connectivity index (χ1) is 4.00. The van der Waals surface area contributed by atoms with Crippen molar-refractivity contribution < 1.29 is 84.4 Å². The molecular weight excluding hydrogens is 358 g/mol. The van der Waals surface area contributed by atoms with Crippen LogP contribution < -0.4 is 6.15 Å². The fourth-order valence-electron chi connectivity index (χ4n) is 0. The molecule has 0 aliphatic carbocycles. The molecule has 12 heteroatoms. The normalized spacial score (nSPS) is 9.67. The van der Waals surface area contributed by atoms with Crippen LogP contribution in [0.15, 0.2) is 0 Å². The topological polar surface area (TPSA) is 194 Å². The van der Waals surface area contributed by atoms with Crippen molar-refractivity contribution in [2.45, 2.75) is 0 Å². The van der Waals surface area contributed by atoms with Gasteiger partial charge < -0.3 is 19.8 Å². The van der Waals surface area contributed by atoms with E-state index in [9.17, 15) is 0 Å². The van der Waals surface area contributed by atoms with E-state index in [0.29, 0.717) is 0 Å².